The maximum absolute atomic E-state index is 12.0. The van der Waals surface area contributed by atoms with Gasteiger partial charge >= 0.3 is 5.97 Å². The van der Waals surface area contributed by atoms with E-state index in [9.17, 15) is 14.7 Å². The van der Waals surface area contributed by atoms with Crippen molar-refractivity contribution in [1.29, 1.82) is 0 Å². The smallest absolute Gasteiger partial charge is 0.310 e. The minimum absolute atomic E-state index is 0.0996. The highest BCUT2D eigenvalue weighted by Gasteiger charge is 2.23. The van der Waals surface area contributed by atoms with Gasteiger partial charge in [0.15, 0.2) is 5.82 Å². The van der Waals surface area contributed by atoms with Gasteiger partial charge in [0.25, 0.3) is 0 Å². The number of aromatic nitrogens is 1. The quantitative estimate of drug-likeness (QED) is 0.316. The van der Waals surface area contributed by atoms with Gasteiger partial charge in [-0.3, -0.25) is 4.79 Å². The second kappa shape index (κ2) is 9.56. The number of hydrogen-bond donors (Lipinski definition) is 2. The number of rotatable bonds is 8. The van der Waals surface area contributed by atoms with E-state index >= 15 is 0 Å². The number of ether oxygens (including phenoxy) is 2. The second-order valence-corrected chi connectivity index (χ2v) is 6.71. The van der Waals surface area contributed by atoms with Gasteiger partial charge in [-0.1, -0.05) is 0 Å². The number of esters is 1. The summed E-state index contributed by atoms with van der Waals surface area (Å²) >= 11 is 4.19. The van der Waals surface area contributed by atoms with Crippen molar-refractivity contribution in [3.05, 3.63) is 17.2 Å². The van der Waals surface area contributed by atoms with Crippen LogP contribution in [0.25, 0.3) is 0 Å². The zero-order chi connectivity index (χ0) is 19.0. The molecule has 138 valence electrons. The van der Waals surface area contributed by atoms with Gasteiger partial charge < -0.3 is 14.6 Å². The summed E-state index contributed by atoms with van der Waals surface area (Å²) in [5.41, 5.74) is 0.413. The Morgan fingerprint density at radius 1 is 1.44 bits per heavy atom. The molecule has 0 bridgehead atoms. The van der Waals surface area contributed by atoms with E-state index in [1.54, 1.807) is 13.0 Å². The van der Waals surface area contributed by atoms with Crippen molar-refractivity contribution >= 4 is 30.5 Å². The second-order valence-electron chi connectivity index (χ2n) is 6.35. The fourth-order valence-corrected chi connectivity index (χ4v) is 2.38. The molecule has 0 fully saturated rings. The molecule has 0 saturated carbocycles. The zero-order valence-electron chi connectivity index (χ0n) is 14.9. The van der Waals surface area contributed by atoms with Crippen LogP contribution in [0.2, 0.25) is 0 Å². The number of aliphatic hydroxyl groups is 1. The molecule has 0 aliphatic rings. The summed E-state index contributed by atoms with van der Waals surface area (Å²) < 4.78 is 10.7. The Bertz CT molecular complexity index is 651. The van der Waals surface area contributed by atoms with E-state index in [1.165, 1.54) is 6.08 Å². The molecule has 0 spiro atoms. The van der Waals surface area contributed by atoms with E-state index in [4.69, 9.17) is 9.47 Å². The van der Waals surface area contributed by atoms with Gasteiger partial charge in [-0.05, 0) is 45.7 Å². The van der Waals surface area contributed by atoms with Gasteiger partial charge in [0.1, 0.15) is 5.60 Å². The van der Waals surface area contributed by atoms with Crippen LogP contribution in [-0.2, 0) is 27.4 Å². The molecule has 0 amide bonds. The van der Waals surface area contributed by atoms with E-state index in [2.05, 4.69) is 22.6 Å². The summed E-state index contributed by atoms with van der Waals surface area (Å²) in [6, 6.07) is 1.62. The normalized spacial score (nSPS) is 12.2. The van der Waals surface area contributed by atoms with Crippen molar-refractivity contribution < 1.29 is 24.2 Å². The molecule has 0 aliphatic heterocycles. The molecule has 1 aromatic rings. The minimum atomic E-state index is -0.542. The van der Waals surface area contributed by atoms with Crippen molar-refractivity contribution in [2.75, 3.05) is 12.4 Å². The third-order valence-electron chi connectivity index (χ3n) is 3.15. The van der Waals surface area contributed by atoms with Crippen LogP contribution in [0.5, 0.6) is 5.88 Å². The van der Waals surface area contributed by atoms with Crippen LogP contribution in [0.3, 0.4) is 0 Å². The number of nitrogens with zero attached hydrogens (tertiary/aromatic N) is 2. The van der Waals surface area contributed by atoms with E-state index in [1.807, 2.05) is 20.8 Å². The maximum Gasteiger partial charge on any atom is 0.310 e. The Kier molecular flexibility index (Phi) is 8.09. The summed E-state index contributed by atoms with van der Waals surface area (Å²) in [7, 11) is 0. The van der Waals surface area contributed by atoms with Crippen LogP contribution >= 0.6 is 12.6 Å². The van der Waals surface area contributed by atoms with Crippen molar-refractivity contribution in [3.63, 3.8) is 0 Å². The van der Waals surface area contributed by atoms with Gasteiger partial charge in [-0.2, -0.15) is 17.6 Å². The summed E-state index contributed by atoms with van der Waals surface area (Å²) in [5, 5.41) is 9.61. The average molecular weight is 368 g/mol. The molecule has 1 N–H and O–H groups in total. The first kappa shape index (κ1) is 21.2. The predicted molar refractivity (Wildman–Crippen MR) is 96.0 cm³/mol. The Morgan fingerprint density at radius 3 is 2.60 bits per heavy atom. The van der Waals surface area contributed by atoms with Gasteiger partial charge in [-0.25, -0.2) is 4.79 Å². The lowest BCUT2D eigenvalue weighted by Gasteiger charge is -2.23. The number of hydrogen-bond acceptors (Lipinski definition) is 8. The predicted octanol–water partition coefficient (Wildman–Crippen LogP) is 2.37. The molecule has 0 saturated heterocycles. The number of aliphatic imine (C=N–C) groups is 1. The summed E-state index contributed by atoms with van der Waals surface area (Å²) in [4.78, 5) is 30.6. The molecule has 7 nitrogen and oxygen atoms in total. The SMILES string of the molecule is CCOC(=O)C(CS)Cc1cc(CO)c(OC(C)(C)C)nc1N=C=O. The third-order valence-corrected chi connectivity index (χ3v) is 3.59. The van der Waals surface area contributed by atoms with E-state index < -0.39 is 11.5 Å². The molecule has 1 unspecified atom stereocenters. The van der Waals surface area contributed by atoms with Crippen molar-refractivity contribution in [1.82, 2.24) is 4.98 Å². The zero-order valence-corrected chi connectivity index (χ0v) is 15.8. The van der Waals surface area contributed by atoms with Crippen molar-refractivity contribution in [2.24, 2.45) is 10.9 Å². The lowest BCUT2D eigenvalue weighted by molar-refractivity contribution is -0.147. The van der Waals surface area contributed by atoms with Crippen LogP contribution in [0.4, 0.5) is 5.82 Å². The maximum atomic E-state index is 12.0. The van der Waals surface area contributed by atoms with Crippen molar-refractivity contribution in [3.8, 4) is 5.88 Å². The van der Waals surface area contributed by atoms with Gasteiger partial charge in [0, 0.05) is 11.3 Å². The van der Waals surface area contributed by atoms with Crippen LogP contribution in [0.15, 0.2) is 11.1 Å². The lowest BCUT2D eigenvalue weighted by atomic mass is 10.00. The van der Waals surface area contributed by atoms with Crippen LogP contribution in [0.1, 0.15) is 38.8 Å². The van der Waals surface area contributed by atoms with Gasteiger partial charge in [0.2, 0.25) is 12.0 Å². The molecule has 1 heterocycles. The fraction of sp³-hybridized carbons (Fsp3) is 0.588. The Hall–Kier alpha value is -1.89. The number of thiol groups is 1. The van der Waals surface area contributed by atoms with E-state index in [-0.39, 0.29) is 43.1 Å². The van der Waals surface area contributed by atoms with E-state index in [0.717, 1.165) is 0 Å². The first-order valence-electron chi connectivity index (χ1n) is 7.93. The molecular weight excluding hydrogens is 344 g/mol. The molecule has 1 rings (SSSR count). The molecule has 25 heavy (non-hydrogen) atoms. The molecule has 1 atom stereocenters. The topological polar surface area (TPSA) is 98.1 Å². The van der Waals surface area contributed by atoms with Crippen LogP contribution in [-0.4, -0.2) is 40.1 Å². The van der Waals surface area contributed by atoms with E-state index in [0.29, 0.717) is 11.1 Å². The standard InChI is InChI=1S/C17H24N2O5S/c1-5-23-16(22)13(9-25)7-11-6-12(8-20)15(24-17(2,3)4)19-14(11)18-10-21/h6,13,20,25H,5,7-9H2,1-4H3. The molecule has 0 radical (unpaired) electrons. The first-order valence-corrected chi connectivity index (χ1v) is 8.57. The molecule has 1 aromatic heterocycles. The number of pyridine rings is 1. The fourth-order valence-electron chi connectivity index (χ4n) is 2.11. The highest BCUT2D eigenvalue weighted by atomic mass is 32.1. The molecule has 0 aliphatic carbocycles. The number of carbonyl (C=O) groups excluding carboxylic acids is 2. The average Bonchev–Trinajstić information content (AvgIpc) is 2.53. The largest absolute Gasteiger partial charge is 0.472 e. The first-order chi connectivity index (χ1) is 11.8. The molecule has 0 aromatic carbocycles. The van der Waals surface area contributed by atoms with Crippen LogP contribution in [0, 0.1) is 5.92 Å². The number of aliphatic hydroxyl groups excluding tert-OH is 1. The lowest BCUT2D eigenvalue weighted by Crippen LogP contribution is -2.25. The highest BCUT2D eigenvalue weighted by molar-refractivity contribution is 7.80. The van der Waals surface area contributed by atoms with Crippen LogP contribution < -0.4 is 4.74 Å². The summed E-state index contributed by atoms with van der Waals surface area (Å²) in [5.74, 6) is -0.364. The molecule has 8 heteroatoms. The molecular formula is C17H24N2O5S. The Balaban J connectivity index is 3.29. The third kappa shape index (κ3) is 6.49. The summed E-state index contributed by atoms with van der Waals surface area (Å²) in [6.45, 7) is 7.19. The Labute approximate surface area is 152 Å². The number of carbonyl (C=O) groups is 1. The summed E-state index contributed by atoms with van der Waals surface area (Å²) in [6.07, 6.45) is 1.68. The monoisotopic (exact) mass is 368 g/mol. The Morgan fingerprint density at radius 2 is 2.12 bits per heavy atom. The van der Waals surface area contributed by atoms with Crippen molar-refractivity contribution in [2.45, 2.75) is 46.3 Å². The van der Waals surface area contributed by atoms with Gasteiger partial charge in [-0.15, -0.1) is 4.99 Å². The highest BCUT2D eigenvalue weighted by Crippen LogP contribution is 2.30. The van der Waals surface area contributed by atoms with Gasteiger partial charge in [0.05, 0.1) is 19.1 Å². The number of isocyanates is 1. The minimum Gasteiger partial charge on any atom is -0.472 e.